The number of aromatic nitrogens is 2. The second-order valence-electron chi connectivity index (χ2n) is 7.80. The Kier molecular flexibility index (Phi) is 6.13. The first-order valence-corrected chi connectivity index (χ1v) is 10.5. The van der Waals surface area contributed by atoms with Crippen molar-refractivity contribution in [3.05, 3.63) is 41.2 Å². The van der Waals surface area contributed by atoms with Crippen LogP contribution in [0.1, 0.15) is 25.8 Å². The fourth-order valence-electron chi connectivity index (χ4n) is 3.60. The third-order valence-electron chi connectivity index (χ3n) is 4.94. The van der Waals surface area contributed by atoms with Gasteiger partial charge in [0, 0.05) is 29.6 Å². The van der Waals surface area contributed by atoms with Crippen LogP contribution in [-0.2, 0) is 11.2 Å². The molecule has 2 heterocycles. The van der Waals surface area contributed by atoms with E-state index in [1.165, 1.54) is 6.33 Å². The minimum absolute atomic E-state index is 0.178. The molecule has 8 heteroatoms. The maximum absolute atomic E-state index is 12.2. The molecule has 1 aliphatic rings. The molecule has 0 aliphatic carbocycles. The van der Waals surface area contributed by atoms with Gasteiger partial charge >= 0.3 is 0 Å². The maximum Gasteiger partial charge on any atom is 0.204 e. The number of ketones is 1. The molecule has 0 radical (unpaired) electrons. The molecule has 1 aromatic heterocycles. The standard InChI is InChI=1S/C23H24ClN3O4/c1-13(2)8-16(28)9-14-4-5-15(10-17(14)24)27-23-20-18(25-12-26-23)11-19(29-3)21-22(20)31-7-6-30-21/h4-5,10-13H,6-9H2,1-3H3,(H,25,26,27). The Morgan fingerprint density at radius 2 is 1.97 bits per heavy atom. The molecule has 7 nitrogen and oxygen atoms in total. The molecule has 0 unspecified atom stereocenters. The van der Waals surface area contributed by atoms with E-state index in [9.17, 15) is 4.79 Å². The van der Waals surface area contributed by atoms with Gasteiger partial charge < -0.3 is 19.5 Å². The molecule has 31 heavy (non-hydrogen) atoms. The number of hydrogen-bond acceptors (Lipinski definition) is 7. The lowest BCUT2D eigenvalue weighted by Crippen LogP contribution is -2.16. The van der Waals surface area contributed by atoms with E-state index in [1.807, 2.05) is 26.0 Å². The van der Waals surface area contributed by atoms with Gasteiger partial charge in [-0.15, -0.1) is 0 Å². The first-order valence-electron chi connectivity index (χ1n) is 10.1. The number of halogens is 1. The Morgan fingerprint density at radius 1 is 1.19 bits per heavy atom. The number of nitrogens with one attached hydrogen (secondary N) is 1. The fraction of sp³-hybridized carbons (Fsp3) is 0.348. The first-order chi connectivity index (χ1) is 15.0. The quantitative estimate of drug-likeness (QED) is 0.554. The van der Waals surface area contributed by atoms with Gasteiger partial charge in [0.2, 0.25) is 5.75 Å². The molecule has 162 valence electrons. The highest BCUT2D eigenvalue weighted by atomic mass is 35.5. The molecular formula is C23H24ClN3O4. The third kappa shape index (κ3) is 4.51. The maximum atomic E-state index is 12.2. The number of carbonyl (C=O) groups is 1. The van der Waals surface area contributed by atoms with Gasteiger partial charge in [-0.25, -0.2) is 9.97 Å². The summed E-state index contributed by atoms with van der Waals surface area (Å²) >= 11 is 6.46. The van der Waals surface area contributed by atoms with Crippen molar-refractivity contribution in [2.24, 2.45) is 5.92 Å². The molecule has 3 aromatic rings. The average Bonchev–Trinajstić information content (AvgIpc) is 2.74. The number of ether oxygens (including phenoxy) is 3. The highest BCUT2D eigenvalue weighted by molar-refractivity contribution is 6.31. The SMILES string of the molecule is COc1cc2ncnc(Nc3ccc(CC(=O)CC(C)C)c(Cl)c3)c2c2c1OCCO2. The monoisotopic (exact) mass is 441 g/mol. The molecular weight excluding hydrogens is 418 g/mol. The summed E-state index contributed by atoms with van der Waals surface area (Å²) in [6.07, 6.45) is 2.34. The Balaban J connectivity index is 1.66. The van der Waals surface area contributed by atoms with Gasteiger partial charge in [0.25, 0.3) is 0 Å². The van der Waals surface area contributed by atoms with E-state index in [0.29, 0.717) is 71.0 Å². The molecule has 0 saturated heterocycles. The lowest BCUT2D eigenvalue weighted by molar-refractivity contribution is -0.119. The molecule has 1 N–H and O–H groups in total. The highest BCUT2D eigenvalue weighted by Crippen LogP contribution is 2.46. The van der Waals surface area contributed by atoms with Crippen molar-refractivity contribution in [3.8, 4) is 17.2 Å². The van der Waals surface area contributed by atoms with Crippen molar-refractivity contribution < 1.29 is 19.0 Å². The minimum atomic E-state index is 0.178. The molecule has 0 fully saturated rings. The number of Topliss-reactive ketones (excluding diaryl/α,β-unsaturated/α-hetero) is 1. The predicted molar refractivity (Wildman–Crippen MR) is 120 cm³/mol. The lowest BCUT2D eigenvalue weighted by Gasteiger charge is -2.23. The van der Waals surface area contributed by atoms with E-state index in [-0.39, 0.29) is 5.78 Å². The largest absolute Gasteiger partial charge is 0.493 e. The molecule has 0 saturated carbocycles. The van der Waals surface area contributed by atoms with E-state index in [4.69, 9.17) is 25.8 Å². The lowest BCUT2D eigenvalue weighted by atomic mass is 10.0. The number of nitrogens with zero attached hydrogens (tertiary/aromatic N) is 2. The summed E-state index contributed by atoms with van der Waals surface area (Å²) in [6, 6.07) is 7.34. The Hall–Kier alpha value is -3.06. The number of fused-ring (bicyclic) bond motifs is 3. The van der Waals surface area contributed by atoms with E-state index >= 15 is 0 Å². The van der Waals surface area contributed by atoms with Crippen LogP contribution in [0.3, 0.4) is 0 Å². The normalized spacial score (nSPS) is 12.8. The zero-order chi connectivity index (χ0) is 22.0. The molecule has 4 rings (SSSR count). The summed E-state index contributed by atoms with van der Waals surface area (Å²) in [5.74, 6) is 2.72. The summed E-state index contributed by atoms with van der Waals surface area (Å²) in [5, 5.41) is 4.52. The van der Waals surface area contributed by atoms with Crippen LogP contribution in [0.4, 0.5) is 11.5 Å². The van der Waals surface area contributed by atoms with Gasteiger partial charge in [0.15, 0.2) is 11.5 Å². The molecule has 0 amide bonds. The van der Waals surface area contributed by atoms with Gasteiger partial charge in [-0.05, 0) is 23.6 Å². The van der Waals surface area contributed by atoms with E-state index in [0.717, 1.165) is 11.3 Å². The number of methoxy groups -OCH3 is 1. The van der Waals surface area contributed by atoms with Crippen molar-refractivity contribution >= 4 is 39.8 Å². The number of anilines is 2. The summed E-state index contributed by atoms with van der Waals surface area (Å²) < 4.78 is 17.1. The van der Waals surface area contributed by atoms with Crippen molar-refractivity contribution in [3.63, 3.8) is 0 Å². The van der Waals surface area contributed by atoms with Crippen molar-refractivity contribution in [1.29, 1.82) is 0 Å². The molecule has 0 bridgehead atoms. The smallest absolute Gasteiger partial charge is 0.204 e. The average molecular weight is 442 g/mol. The van der Waals surface area contributed by atoms with Crippen LogP contribution in [0, 0.1) is 5.92 Å². The van der Waals surface area contributed by atoms with E-state index in [2.05, 4.69) is 15.3 Å². The van der Waals surface area contributed by atoms with Crippen LogP contribution in [0.15, 0.2) is 30.6 Å². The van der Waals surface area contributed by atoms with Crippen molar-refractivity contribution in [2.75, 3.05) is 25.6 Å². The summed E-state index contributed by atoms with van der Waals surface area (Å²) in [7, 11) is 1.58. The second-order valence-corrected chi connectivity index (χ2v) is 8.20. The highest BCUT2D eigenvalue weighted by Gasteiger charge is 2.24. The first kappa shape index (κ1) is 21.2. The van der Waals surface area contributed by atoms with Crippen LogP contribution in [0.25, 0.3) is 10.9 Å². The van der Waals surface area contributed by atoms with Gasteiger partial charge in [0.1, 0.15) is 31.1 Å². The Morgan fingerprint density at radius 3 is 2.68 bits per heavy atom. The van der Waals surface area contributed by atoms with Crippen LogP contribution in [0.2, 0.25) is 5.02 Å². The molecule has 0 atom stereocenters. The number of benzene rings is 2. The Bertz CT molecular complexity index is 1130. The van der Waals surface area contributed by atoms with Gasteiger partial charge in [-0.2, -0.15) is 0 Å². The van der Waals surface area contributed by atoms with Gasteiger partial charge in [-0.3, -0.25) is 4.79 Å². The summed E-state index contributed by atoms with van der Waals surface area (Å²) in [6.45, 7) is 4.93. The van der Waals surface area contributed by atoms with Crippen LogP contribution in [0.5, 0.6) is 17.2 Å². The number of hydrogen-bond donors (Lipinski definition) is 1. The topological polar surface area (TPSA) is 82.6 Å². The van der Waals surface area contributed by atoms with Crippen LogP contribution >= 0.6 is 11.6 Å². The van der Waals surface area contributed by atoms with Crippen LogP contribution < -0.4 is 19.5 Å². The van der Waals surface area contributed by atoms with E-state index in [1.54, 1.807) is 19.2 Å². The van der Waals surface area contributed by atoms with Gasteiger partial charge in [-0.1, -0.05) is 31.5 Å². The zero-order valence-corrected chi connectivity index (χ0v) is 18.5. The predicted octanol–water partition coefficient (Wildman–Crippen LogP) is 4.96. The summed E-state index contributed by atoms with van der Waals surface area (Å²) in [5.41, 5.74) is 2.22. The third-order valence-corrected chi connectivity index (χ3v) is 5.29. The number of rotatable bonds is 7. The molecule has 2 aromatic carbocycles. The fourth-order valence-corrected chi connectivity index (χ4v) is 3.85. The van der Waals surface area contributed by atoms with Gasteiger partial charge in [0.05, 0.1) is 18.0 Å². The summed E-state index contributed by atoms with van der Waals surface area (Å²) in [4.78, 5) is 20.9. The second kappa shape index (κ2) is 8.98. The van der Waals surface area contributed by atoms with Crippen molar-refractivity contribution in [2.45, 2.75) is 26.7 Å². The molecule has 1 aliphatic heterocycles. The minimum Gasteiger partial charge on any atom is -0.493 e. The zero-order valence-electron chi connectivity index (χ0n) is 17.7. The number of carbonyl (C=O) groups excluding carboxylic acids is 1. The van der Waals surface area contributed by atoms with Crippen molar-refractivity contribution in [1.82, 2.24) is 9.97 Å². The van der Waals surface area contributed by atoms with E-state index < -0.39 is 0 Å². The molecule has 0 spiro atoms. The van der Waals surface area contributed by atoms with Crippen LogP contribution in [-0.4, -0.2) is 36.1 Å². The Labute approximate surface area is 185 Å².